The van der Waals surface area contributed by atoms with Crippen molar-refractivity contribution in [2.45, 2.75) is 63.1 Å². The van der Waals surface area contributed by atoms with E-state index in [4.69, 9.17) is 4.74 Å². The third-order valence-corrected chi connectivity index (χ3v) is 4.80. The van der Waals surface area contributed by atoms with Crippen molar-refractivity contribution in [1.29, 1.82) is 0 Å². The van der Waals surface area contributed by atoms with E-state index in [9.17, 15) is 0 Å². The van der Waals surface area contributed by atoms with Gasteiger partial charge in [0.1, 0.15) is 0 Å². The second-order valence-corrected chi connectivity index (χ2v) is 5.98. The van der Waals surface area contributed by atoms with Crippen LogP contribution in [0, 0.1) is 0 Å². The quantitative estimate of drug-likeness (QED) is 0.811. The predicted octanol–water partition coefficient (Wildman–Crippen LogP) is 1.77. The van der Waals surface area contributed by atoms with E-state index in [1.54, 1.807) is 0 Å². The second kappa shape index (κ2) is 4.87. The van der Waals surface area contributed by atoms with E-state index in [-0.39, 0.29) is 5.60 Å². The third-order valence-electron chi connectivity index (χ3n) is 4.80. The monoisotopic (exact) mass is 238 g/mol. The molecule has 0 aromatic rings. The molecule has 1 saturated carbocycles. The van der Waals surface area contributed by atoms with Gasteiger partial charge in [-0.15, -0.1) is 0 Å². The van der Waals surface area contributed by atoms with Crippen LogP contribution in [-0.4, -0.2) is 48.8 Å². The van der Waals surface area contributed by atoms with Gasteiger partial charge in [-0.2, -0.15) is 0 Å². The summed E-state index contributed by atoms with van der Waals surface area (Å²) in [6.07, 6.45) is 7.87. The number of piperidine rings is 1. The minimum atomic E-state index is 0.166. The molecule has 3 aliphatic rings. The summed E-state index contributed by atoms with van der Waals surface area (Å²) in [5.41, 5.74) is 0.166. The zero-order chi connectivity index (χ0) is 11.7. The van der Waals surface area contributed by atoms with E-state index in [1.165, 1.54) is 51.6 Å². The smallest absolute Gasteiger partial charge is 0.0859 e. The normalized spacial score (nSPS) is 34.1. The molecule has 1 spiro atoms. The van der Waals surface area contributed by atoms with Gasteiger partial charge >= 0.3 is 0 Å². The molecule has 1 atom stereocenters. The molecule has 3 rings (SSSR count). The Hall–Kier alpha value is -0.120. The lowest BCUT2D eigenvalue weighted by molar-refractivity contribution is -0.130. The molecule has 0 aromatic carbocycles. The summed E-state index contributed by atoms with van der Waals surface area (Å²) in [6.45, 7) is 6.74. The number of hydrogen-bond acceptors (Lipinski definition) is 3. The fraction of sp³-hybridized carbons (Fsp3) is 1.00. The first-order valence-corrected chi connectivity index (χ1v) is 7.45. The van der Waals surface area contributed by atoms with Crippen LogP contribution < -0.4 is 5.32 Å². The molecule has 1 N–H and O–H groups in total. The van der Waals surface area contributed by atoms with Gasteiger partial charge in [-0.05, 0) is 32.1 Å². The van der Waals surface area contributed by atoms with Crippen LogP contribution in [0.3, 0.4) is 0 Å². The minimum Gasteiger partial charge on any atom is -0.372 e. The highest BCUT2D eigenvalue weighted by atomic mass is 16.5. The highest BCUT2D eigenvalue weighted by Gasteiger charge is 2.45. The Balaban J connectivity index is 1.62. The highest BCUT2D eigenvalue weighted by molar-refractivity contribution is 5.01. The topological polar surface area (TPSA) is 24.5 Å². The van der Waals surface area contributed by atoms with Gasteiger partial charge in [0.2, 0.25) is 0 Å². The number of rotatable bonds is 3. The maximum atomic E-state index is 6.23. The Kier molecular flexibility index (Phi) is 3.42. The first kappa shape index (κ1) is 11.9. The molecule has 0 radical (unpaired) electrons. The molecule has 17 heavy (non-hydrogen) atoms. The molecule has 2 saturated heterocycles. The van der Waals surface area contributed by atoms with Gasteiger partial charge in [0.25, 0.3) is 0 Å². The van der Waals surface area contributed by atoms with E-state index >= 15 is 0 Å². The van der Waals surface area contributed by atoms with Gasteiger partial charge in [-0.3, -0.25) is 0 Å². The summed E-state index contributed by atoms with van der Waals surface area (Å²) in [4.78, 5) is 2.69. The lowest BCUT2D eigenvalue weighted by Gasteiger charge is -2.49. The van der Waals surface area contributed by atoms with Crippen LogP contribution >= 0.6 is 0 Å². The van der Waals surface area contributed by atoms with Crippen molar-refractivity contribution >= 4 is 0 Å². The number of likely N-dealkylation sites (tertiary alicyclic amines) is 1. The molecule has 2 heterocycles. The minimum absolute atomic E-state index is 0.166. The zero-order valence-corrected chi connectivity index (χ0v) is 11.1. The van der Waals surface area contributed by atoms with E-state index in [0.717, 1.165) is 19.2 Å². The summed E-state index contributed by atoms with van der Waals surface area (Å²) in [6, 6.07) is 1.52. The zero-order valence-electron chi connectivity index (χ0n) is 11.1. The average molecular weight is 238 g/mol. The summed E-state index contributed by atoms with van der Waals surface area (Å²) in [5, 5.41) is 3.70. The van der Waals surface area contributed by atoms with Gasteiger partial charge in [0, 0.05) is 31.7 Å². The van der Waals surface area contributed by atoms with E-state index in [1.807, 2.05) is 0 Å². The molecular formula is C14H26N2O. The molecule has 3 heteroatoms. The van der Waals surface area contributed by atoms with Gasteiger partial charge < -0.3 is 15.0 Å². The molecule has 3 fully saturated rings. The van der Waals surface area contributed by atoms with Gasteiger partial charge in [-0.1, -0.05) is 13.3 Å². The SMILES string of the molecule is CCCC1NCCOC12CCN(C1CC1)CC2. The Bertz CT molecular complexity index is 255. The largest absolute Gasteiger partial charge is 0.372 e. The van der Waals surface area contributed by atoms with Gasteiger partial charge in [0.15, 0.2) is 0 Å². The Morgan fingerprint density at radius 3 is 2.71 bits per heavy atom. The number of hydrogen-bond donors (Lipinski definition) is 1. The molecule has 0 bridgehead atoms. The Morgan fingerprint density at radius 1 is 1.29 bits per heavy atom. The first-order valence-electron chi connectivity index (χ1n) is 7.45. The maximum Gasteiger partial charge on any atom is 0.0859 e. The van der Waals surface area contributed by atoms with Crippen molar-refractivity contribution in [1.82, 2.24) is 10.2 Å². The molecule has 1 aliphatic carbocycles. The number of nitrogens with one attached hydrogen (secondary N) is 1. The fourth-order valence-electron chi connectivity index (χ4n) is 3.63. The lowest BCUT2D eigenvalue weighted by Crippen LogP contribution is -2.62. The predicted molar refractivity (Wildman–Crippen MR) is 69.2 cm³/mol. The van der Waals surface area contributed by atoms with Crippen molar-refractivity contribution in [3.8, 4) is 0 Å². The number of nitrogens with zero attached hydrogens (tertiary/aromatic N) is 1. The molecule has 0 aromatic heterocycles. The number of morpholine rings is 1. The summed E-state index contributed by atoms with van der Waals surface area (Å²) < 4.78 is 6.23. The molecule has 3 nitrogen and oxygen atoms in total. The maximum absolute atomic E-state index is 6.23. The molecule has 1 unspecified atom stereocenters. The average Bonchev–Trinajstić information content (AvgIpc) is 3.18. The van der Waals surface area contributed by atoms with E-state index in [0.29, 0.717) is 6.04 Å². The molecular weight excluding hydrogens is 212 g/mol. The van der Waals surface area contributed by atoms with Crippen LogP contribution in [0.25, 0.3) is 0 Å². The van der Waals surface area contributed by atoms with Crippen molar-refractivity contribution in [2.24, 2.45) is 0 Å². The van der Waals surface area contributed by atoms with Crippen molar-refractivity contribution in [2.75, 3.05) is 26.2 Å². The van der Waals surface area contributed by atoms with Gasteiger partial charge in [0.05, 0.1) is 12.2 Å². The van der Waals surface area contributed by atoms with Crippen LogP contribution in [0.5, 0.6) is 0 Å². The summed E-state index contributed by atoms with van der Waals surface area (Å²) in [7, 11) is 0. The third kappa shape index (κ3) is 2.38. The number of ether oxygens (including phenoxy) is 1. The van der Waals surface area contributed by atoms with Crippen LogP contribution in [-0.2, 0) is 4.74 Å². The lowest BCUT2D eigenvalue weighted by atomic mass is 9.81. The second-order valence-electron chi connectivity index (χ2n) is 5.98. The van der Waals surface area contributed by atoms with Crippen molar-refractivity contribution in [3.63, 3.8) is 0 Å². The molecule has 2 aliphatic heterocycles. The van der Waals surface area contributed by atoms with Gasteiger partial charge in [-0.25, -0.2) is 0 Å². The first-order chi connectivity index (χ1) is 8.34. The van der Waals surface area contributed by atoms with Crippen LogP contribution in [0.2, 0.25) is 0 Å². The standard InChI is InChI=1S/C14H26N2O/c1-2-3-13-14(17-11-8-15-13)6-9-16(10-7-14)12-4-5-12/h12-13,15H,2-11H2,1H3. The summed E-state index contributed by atoms with van der Waals surface area (Å²) in [5.74, 6) is 0. The fourth-order valence-corrected chi connectivity index (χ4v) is 3.63. The van der Waals surface area contributed by atoms with Crippen molar-refractivity contribution < 1.29 is 4.74 Å². The summed E-state index contributed by atoms with van der Waals surface area (Å²) >= 11 is 0. The highest BCUT2D eigenvalue weighted by Crippen LogP contribution is 2.37. The van der Waals surface area contributed by atoms with Crippen molar-refractivity contribution in [3.05, 3.63) is 0 Å². The van der Waals surface area contributed by atoms with E-state index < -0.39 is 0 Å². The molecule has 98 valence electrons. The Labute approximate surface area is 105 Å². The van der Waals surface area contributed by atoms with Crippen LogP contribution in [0.15, 0.2) is 0 Å². The van der Waals surface area contributed by atoms with Crippen LogP contribution in [0.1, 0.15) is 45.4 Å². The molecule has 0 amide bonds. The van der Waals surface area contributed by atoms with Crippen LogP contribution in [0.4, 0.5) is 0 Å². The Morgan fingerprint density at radius 2 is 2.06 bits per heavy atom. The van der Waals surface area contributed by atoms with E-state index in [2.05, 4.69) is 17.1 Å².